The maximum atomic E-state index is 11.2. The summed E-state index contributed by atoms with van der Waals surface area (Å²) in [7, 11) is 0. The van der Waals surface area contributed by atoms with E-state index >= 15 is 0 Å². The van der Waals surface area contributed by atoms with Crippen molar-refractivity contribution in [2.24, 2.45) is 0 Å². The van der Waals surface area contributed by atoms with E-state index in [0.29, 0.717) is 12.2 Å². The zero-order valence-electron chi connectivity index (χ0n) is 21.6. The van der Waals surface area contributed by atoms with Crippen LogP contribution >= 0.6 is 0 Å². The van der Waals surface area contributed by atoms with E-state index in [1.165, 1.54) is 44.5 Å². The van der Waals surface area contributed by atoms with Gasteiger partial charge in [0.25, 0.3) is 0 Å². The number of benzene rings is 4. The topological polar surface area (TPSA) is 20.2 Å². The minimum atomic E-state index is 0.354. The van der Waals surface area contributed by atoms with Crippen molar-refractivity contribution in [3.05, 3.63) is 173 Å². The van der Waals surface area contributed by atoms with E-state index in [1.807, 2.05) is 24.3 Å². The third kappa shape index (κ3) is 6.37. The maximum absolute atomic E-state index is 11.2. The van der Waals surface area contributed by atoms with Crippen LogP contribution in [0.15, 0.2) is 123 Å². The lowest BCUT2D eigenvalue weighted by atomic mass is 9.85. The zero-order valence-corrected chi connectivity index (χ0v) is 21.6. The molecular formula is C36H36O. The molecule has 0 aliphatic rings. The highest BCUT2D eigenvalue weighted by Gasteiger charge is 2.18. The van der Waals surface area contributed by atoms with E-state index in [2.05, 4.69) is 98.6 Å². The molecule has 0 radical (unpaired) electrons. The third-order valence-electron chi connectivity index (χ3n) is 7.07. The van der Waals surface area contributed by atoms with Crippen molar-refractivity contribution >= 4 is 0 Å². The molecule has 0 amide bonds. The van der Waals surface area contributed by atoms with E-state index in [9.17, 15) is 5.11 Å². The van der Waals surface area contributed by atoms with Gasteiger partial charge in [0, 0.05) is 12.0 Å². The average Bonchev–Trinajstić information content (AvgIpc) is 2.91. The summed E-state index contributed by atoms with van der Waals surface area (Å²) >= 11 is 0. The van der Waals surface area contributed by atoms with Crippen LogP contribution in [0.5, 0.6) is 5.75 Å². The quantitative estimate of drug-likeness (QED) is 0.200. The highest BCUT2D eigenvalue weighted by molar-refractivity contribution is 5.52. The molecule has 4 aromatic carbocycles. The van der Waals surface area contributed by atoms with Crippen LogP contribution in [0.4, 0.5) is 0 Å². The summed E-state index contributed by atoms with van der Waals surface area (Å²) in [6.45, 7) is 11.9. The summed E-state index contributed by atoms with van der Waals surface area (Å²) in [5.41, 5.74) is 11.1. The molecule has 0 bridgehead atoms. The highest BCUT2D eigenvalue weighted by atomic mass is 16.3. The van der Waals surface area contributed by atoms with Gasteiger partial charge in [-0.25, -0.2) is 0 Å². The zero-order chi connectivity index (χ0) is 26.0. The van der Waals surface area contributed by atoms with Gasteiger partial charge in [-0.3, -0.25) is 0 Å². The van der Waals surface area contributed by atoms with Crippen LogP contribution in [0.1, 0.15) is 50.1 Å². The first kappa shape index (κ1) is 26.0. The normalized spacial score (nSPS) is 10.7. The van der Waals surface area contributed by atoms with Gasteiger partial charge < -0.3 is 5.11 Å². The van der Waals surface area contributed by atoms with Crippen molar-refractivity contribution in [1.29, 1.82) is 0 Å². The lowest BCUT2D eigenvalue weighted by molar-refractivity contribution is 0.468. The first-order valence-corrected chi connectivity index (χ1v) is 13.0. The molecule has 0 saturated heterocycles. The Hall–Kier alpha value is -4.10. The lowest BCUT2D eigenvalue weighted by Gasteiger charge is -2.20. The Morgan fingerprint density at radius 2 is 0.811 bits per heavy atom. The summed E-state index contributed by atoms with van der Waals surface area (Å²) in [4.78, 5) is 0. The Morgan fingerprint density at radius 1 is 0.432 bits per heavy atom. The van der Waals surface area contributed by atoms with E-state index in [-0.39, 0.29) is 0 Å². The molecule has 37 heavy (non-hydrogen) atoms. The molecule has 0 saturated carbocycles. The SMILES string of the molecule is C=CCc1ccccc1Cc1ccc(O)c(Cc2ccccc2CC=C)c1Cc1ccccc1CC=C. The molecule has 186 valence electrons. The molecule has 0 heterocycles. The molecule has 1 nitrogen and oxygen atoms in total. The minimum Gasteiger partial charge on any atom is -0.508 e. The molecule has 0 aliphatic heterocycles. The first-order valence-electron chi connectivity index (χ1n) is 13.0. The molecule has 0 fully saturated rings. The van der Waals surface area contributed by atoms with Gasteiger partial charge in [-0.2, -0.15) is 0 Å². The van der Waals surface area contributed by atoms with Gasteiger partial charge in [0.15, 0.2) is 0 Å². The highest BCUT2D eigenvalue weighted by Crippen LogP contribution is 2.33. The summed E-state index contributed by atoms with van der Waals surface area (Å²) in [5, 5.41) is 11.2. The van der Waals surface area contributed by atoms with Crippen molar-refractivity contribution in [2.75, 3.05) is 0 Å². The number of hydrogen-bond donors (Lipinski definition) is 1. The fourth-order valence-electron chi connectivity index (χ4n) is 5.15. The molecule has 0 unspecified atom stereocenters. The Balaban J connectivity index is 1.85. The monoisotopic (exact) mass is 484 g/mol. The predicted molar refractivity (Wildman–Crippen MR) is 158 cm³/mol. The van der Waals surface area contributed by atoms with E-state index in [4.69, 9.17) is 0 Å². The third-order valence-corrected chi connectivity index (χ3v) is 7.07. The smallest absolute Gasteiger partial charge is 0.119 e. The van der Waals surface area contributed by atoms with Gasteiger partial charge >= 0.3 is 0 Å². The Labute approximate surface area is 222 Å². The Bertz CT molecular complexity index is 1390. The van der Waals surface area contributed by atoms with Gasteiger partial charge in [0.2, 0.25) is 0 Å². The van der Waals surface area contributed by atoms with Crippen molar-refractivity contribution < 1.29 is 5.11 Å². The minimum absolute atomic E-state index is 0.354. The first-order chi connectivity index (χ1) is 18.1. The van der Waals surface area contributed by atoms with Gasteiger partial charge in [-0.15, -0.1) is 19.7 Å². The summed E-state index contributed by atoms with van der Waals surface area (Å²) < 4.78 is 0. The van der Waals surface area contributed by atoms with Crippen LogP contribution in [0, 0.1) is 0 Å². The van der Waals surface area contributed by atoms with Crippen LogP contribution in [-0.4, -0.2) is 5.11 Å². The molecule has 1 heteroatoms. The van der Waals surface area contributed by atoms with Crippen molar-refractivity contribution in [3.8, 4) is 5.75 Å². The largest absolute Gasteiger partial charge is 0.508 e. The Morgan fingerprint density at radius 3 is 1.24 bits per heavy atom. The summed E-state index contributed by atoms with van der Waals surface area (Å²) in [5.74, 6) is 0.354. The van der Waals surface area contributed by atoms with Gasteiger partial charge in [-0.05, 0) is 82.7 Å². The predicted octanol–water partition coefficient (Wildman–Crippen LogP) is 8.35. The van der Waals surface area contributed by atoms with Crippen LogP contribution in [0.25, 0.3) is 0 Å². The molecule has 4 rings (SSSR count). The summed E-state index contributed by atoms with van der Waals surface area (Å²) in [6, 6.07) is 29.6. The number of allylic oxidation sites excluding steroid dienone is 3. The van der Waals surface area contributed by atoms with Crippen LogP contribution in [-0.2, 0) is 38.5 Å². The molecule has 0 atom stereocenters. The van der Waals surface area contributed by atoms with Crippen molar-refractivity contribution in [1.82, 2.24) is 0 Å². The second-order valence-electron chi connectivity index (χ2n) is 9.52. The van der Waals surface area contributed by atoms with Crippen LogP contribution in [0.2, 0.25) is 0 Å². The van der Waals surface area contributed by atoms with Crippen molar-refractivity contribution in [2.45, 2.75) is 38.5 Å². The van der Waals surface area contributed by atoms with Gasteiger partial charge in [0.1, 0.15) is 5.75 Å². The van der Waals surface area contributed by atoms with Crippen molar-refractivity contribution in [3.63, 3.8) is 0 Å². The fourth-order valence-corrected chi connectivity index (χ4v) is 5.15. The second-order valence-corrected chi connectivity index (χ2v) is 9.52. The molecule has 4 aromatic rings. The average molecular weight is 485 g/mol. The van der Waals surface area contributed by atoms with E-state index in [0.717, 1.165) is 37.7 Å². The van der Waals surface area contributed by atoms with Crippen LogP contribution < -0.4 is 0 Å². The number of phenolic OH excluding ortho intramolecular Hbond substituents is 1. The lowest BCUT2D eigenvalue weighted by Crippen LogP contribution is -2.07. The maximum Gasteiger partial charge on any atom is 0.119 e. The fraction of sp³-hybridized carbons (Fsp3) is 0.167. The molecule has 0 aromatic heterocycles. The molecule has 0 spiro atoms. The standard InChI is InChI=1S/C36H36O/c1-4-13-27-16-7-10-19-30(27)24-33-22-23-36(37)35(26-32-21-12-9-18-29(32)15-6-3)34(33)25-31-20-11-8-17-28(31)14-5-2/h4-12,16-23,37H,1-3,13-15,24-26H2. The molecule has 1 N–H and O–H groups in total. The summed E-state index contributed by atoms with van der Waals surface area (Å²) in [6.07, 6.45) is 10.6. The number of phenols is 1. The molecular weight excluding hydrogens is 448 g/mol. The van der Waals surface area contributed by atoms with E-state index in [1.54, 1.807) is 0 Å². The number of hydrogen-bond acceptors (Lipinski definition) is 1. The number of aromatic hydroxyl groups is 1. The molecule has 0 aliphatic carbocycles. The van der Waals surface area contributed by atoms with Crippen LogP contribution in [0.3, 0.4) is 0 Å². The van der Waals surface area contributed by atoms with Gasteiger partial charge in [-0.1, -0.05) is 97.1 Å². The number of rotatable bonds is 12. The van der Waals surface area contributed by atoms with Gasteiger partial charge in [0.05, 0.1) is 0 Å². The van der Waals surface area contributed by atoms with E-state index < -0.39 is 0 Å². The Kier molecular flexibility index (Phi) is 8.94. The second kappa shape index (κ2) is 12.7.